The number of aliphatic hydroxyl groups excluding tert-OH is 1. The quantitative estimate of drug-likeness (QED) is 0.590. The van der Waals surface area contributed by atoms with E-state index in [1.165, 1.54) is 11.3 Å². The summed E-state index contributed by atoms with van der Waals surface area (Å²) in [6.45, 7) is 10.2. The van der Waals surface area contributed by atoms with E-state index in [4.69, 9.17) is 14.8 Å². The lowest BCUT2D eigenvalue weighted by molar-refractivity contribution is -0.0349. The van der Waals surface area contributed by atoms with Crippen LogP contribution in [0.5, 0.6) is 0 Å². The monoisotopic (exact) mass is 437 g/mol. The van der Waals surface area contributed by atoms with Gasteiger partial charge < -0.3 is 15.2 Å². The molecule has 32 heavy (non-hydrogen) atoms. The highest BCUT2D eigenvalue weighted by atomic mass is 16.5. The molecule has 0 saturated carbocycles. The largest absolute Gasteiger partial charge is 0.395 e. The lowest BCUT2D eigenvalue weighted by atomic mass is 10.0. The van der Waals surface area contributed by atoms with E-state index >= 15 is 0 Å². The number of amides is 1. The molecule has 1 saturated heterocycles. The number of hydrogen-bond donors (Lipinski definition) is 2. The van der Waals surface area contributed by atoms with Gasteiger partial charge in [-0.2, -0.15) is 5.10 Å². The predicted octanol–water partition coefficient (Wildman–Crippen LogP) is 2.36. The van der Waals surface area contributed by atoms with Gasteiger partial charge in [-0.25, -0.2) is 4.98 Å². The molecule has 1 aliphatic rings. The highest BCUT2D eigenvalue weighted by molar-refractivity contribution is 6.06. The Bertz CT molecular complexity index is 1110. The van der Waals surface area contributed by atoms with Crippen molar-refractivity contribution in [3.8, 4) is 0 Å². The molecule has 2 aromatic heterocycles. The SMILES string of the molecule is CCn1nc(C)c(CN2CCO[C@@H](c3cc(C(=O)NCCO)c4ccccc4n3)C2)c1C. The predicted molar refractivity (Wildman–Crippen MR) is 123 cm³/mol. The number of pyridine rings is 1. The number of aromatic nitrogens is 3. The van der Waals surface area contributed by atoms with E-state index in [0.717, 1.165) is 41.9 Å². The first kappa shape index (κ1) is 22.4. The molecule has 0 radical (unpaired) electrons. The summed E-state index contributed by atoms with van der Waals surface area (Å²) >= 11 is 0. The van der Waals surface area contributed by atoms with Crippen LogP contribution in [-0.4, -0.2) is 63.5 Å². The van der Waals surface area contributed by atoms with Crippen LogP contribution in [0, 0.1) is 13.8 Å². The van der Waals surface area contributed by atoms with Gasteiger partial charge in [0.1, 0.15) is 6.10 Å². The van der Waals surface area contributed by atoms with Crippen molar-refractivity contribution in [3.63, 3.8) is 0 Å². The molecule has 8 heteroatoms. The molecule has 8 nitrogen and oxygen atoms in total. The molecule has 4 rings (SSSR count). The van der Waals surface area contributed by atoms with Crippen LogP contribution in [-0.2, 0) is 17.8 Å². The molecular formula is C24H31N5O3. The molecule has 1 atom stereocenters. The van der Waals surface area contributed by atoms with Gasteiger partial charge in [-0.05, 0) is 32.9 Å². The molecule has 3 aromatic rings. The minimum absolute atomic E-state index is 0.101. The third-order valence-corrected chi connectivity index (χ3v) is 6.07. The van der Waals surface area contributed by atoms with Gasteiger partial charge in [0.15, 0.2) is 0 Å². The summed E-state index contributed by atoms with van der Waals surface area (Å²) in [4.78, 5) is 19.9. The van der Waals surface area contributed by atoms with Crippen molar-refractivity contribution in [1.29, 1.82) is 0 Å². The van der Waals surface area contributed by atoms with Crippen molar-refractivity contribution in [2.75, 3.05) is 32.8 Å². The summed E-state index contributed by atoms with van der Waals surface area (Å²) in [5, 5.41) is 17.3. The third-order valence-electron chi connectivity index (χ3n) is 6.07. The topological polar surface area (TPSA) is 92.5 Å². The first-order valence-corrected chi connectivity index (χ1v) is 11.2. The summed E-state index contributed by atoms with van der Waals surface area (Å²) in [6.07, 6.45) is -0.223. The van der Waals surface area contributed by atoms with E-state index in [9.17, 15) is 4.79 Å². The zero-order chi connectivity index (χ0) is 22.7. The number of nitrogens with zero attached hydrogens (tertiary/aromatic N) is 4. The standard InChI is InChI=1S/C24H31N5O3/c1-4-29-17(3)20(16(2)27-29)14-28-10-12-32-23(15-28)22-13-19(24(31)25-9-11-30)18-7-5-6-8-21(18)26-22/h5-8,13,23,30H,4,9-12,14-15H2,1-3H3,(H,25,31)/t23-/m1/s1. The second-order valence-electron chi connectivity index (χ2n) is 8.15. The van der Waals surface area contributed by atoms with Crippen LogP contribution in [0.15, 0.2) is 30.3 Å². The number of ether oxygens (including phenoxy) is 1. The van der Waals surface area contributed by atoms with E-state index < -0.39 is 0 Å². The van der Waals surface area contributed by atoms with Gasteiger partial charge >= 0.3 is 0 Å². The van der Waals surface area contributed by atoms with Gasteiger partial charge in [0.05, 0.1) is 35.7 Å². The molecule has 1 fully saturated rings. The molecule has 1 aromatic carbocycles. The van der Waals surface area contributed by atoms with Crippen LogP contribution in [0.4, 0.5) is 0 Å². The zero-order valence-corrected chi connectivity index (χ0v) is 19.0. The van der Waals surface area contributed by atoms with Crippen LogP contribution in [0.1, 0.15) is 46.0 Å². The Morgan fingerprint density at radius 3 is 2.88 bits per heavy atom. The van der Waals surface area contributed by atoms with Gasteiger partial charge in [-0.1, -0.05) is 18.2 Å². The summed E-state index contributed by atoms with van der Waals surface area (Å²) in [7, 11) is 0. The summed E-state index contributed by atoms with van der Waals surface area (Å²) in [6, 6.07) is 9.44. The van der Waals surface area contributed by atoms with E-state index in [1.807, 2.05) is 35.0 Å². The minimum Gasteiger partial charge on any atom is -0.395 e. The maximum atomic E-state index is 12.8. The third kappa shape index (κ3) is 4.53. The van der Waals surface area contributed by atoms with Gasteiger partial charge in [0, 0.05) is 49.4 Å². The fraction of sp³-hybridized carbons (Fsp3) is 0.458. The molecule has 3 heterocycles. The minimum atomic E-state index is -0.223. The number of rotatable bonds is 7. The molecule has 2 N–H and O–H groups in total. The van der Waals surface area contributed by atoms with Crippen molar-refractivity contribution in [1.82, 2.24) is 25.0 Å². The van der Waals surface area contributed by atoms with Crippen molar-refractivity contribution < 1.29 is 14.6 Å². The van der Waals surface area contributed by atoms with Crippen molar-refractivity contribution >= 4 is 16.8 Å². The highest BCUT2D eigenvalue weighted by Gasteiger charge is 2.26. The number of morpholine rings is 1. The average molecular weight is 438 g/mol. The number of nitrogens with one attached hydrogen (secondary N) is 1. The number of fused-ring (bicyclic) bond motifs is 1. The number of aryl methyl sites for hydroxylation is 2. The summed E-state index contributed by atoms with van der Waals surface area (Å²) < 4.78 is 8.13. The molecule has 0 unspecified atom stereocenters. The van der Waals surface area contributed by atoms with Crippen LogP contribution in [0.2, 0.25) is 0 Å². The Kier molecular flexibility index (Phi) is 6.83. The molecule has 1 aliphatic heterocycles. The van der Waals surface area contributed by atoms with Gasteiger partial charge in [0.25, 0.3) is 5.91 Å². The maximum Gasteiger partial charge on any atom is 0.252 e. The molecule has 1 amide bonds. The first-order chi connectivity index (χ1) is 15.5. The second kappa shape index (κ2) is 9.77. The van der Waals surface area contributed by atoms with E-state index in [-0.39, 0.29) is 25.2 Å². The Labute approximate surface area is 188 Å². The zero-order valence-electron chi connectivity index (χ0n) is 19.0. The van der Waals surface area contributed by atoms with Crippen molar-refractivity contribution in [2.45, 2.75) is 40.0 Å². The fourth-order valence-electron chi connectivity index (χ4n) is 4.33. The lowest BCUT2D eigenvalue weighted by Crippen LogP contribution is -2.38. The molecule has 0 aliphatic carbocycles. The van der Waals surface area contributed by atoms with Crippen molar-refractivity contribution in [2.24, 2.45) is 0 Å². The number of aliphatic hydroxyl groups is 1. The first-order valence-electron chi connectivity index (χ1n) is 11.2. The van der Waals surface area contributed by atoms with Crippen LogP contribution < -0.4 is 5.32 Å². The maximum absolute atomic E-state index is 12.8. The smallest absolute Gasteiger partial charge is 0.252 e. The molecular weight excluding hydrogens is 406 g/mol. The Morgan fingerprint density at radius 1 is 1.31 bits per heavy atom. The number of carbonyl (C=O) groups excluding carboxylic acids is 1. The van der Waals surface area contributed by atoms with Crippen LogP contribution in [0.25, 0.3) is 10.9 Å². The summed E-state index contributed by atoms with van der Waals surface area (Å²) in [5.74, 6) is -0.218. The van der Waals surface area contributed by atoms with Gasteiger partial charge in [-0.15, -0.1) is 0 Å². The Morgan fingerprint density at radius 2 is 2.12 bits per heavy atom. The van der Waals surface area contributed by atoms with Gasteiger partial charge in [0.2, 0.25) is 0 Å². The number of carbonyl (C=O) groups is 1. The number of para-hydroxylation sites is 1. The van der Waals surface area contributed by atoms with Crippen LogP contribution in [0.3, 0.4) is 0 Å². The van der Waals surface area contributed by atoms with E-state index in [0.29, 0.717) is 18.7 Å². The van der Waals surface area contributed by atoms with E-state index in [1.54, 1.807) is 0 Å². The molecule has 0 spiro atoms. The number of benzene rings is 1. The lowest BCUT2D eigenvalue weighted by Gasteiger charge is -2.33. The normalized spacial score (nSPS) is 17.1. The average Bonchev–Trinajstić information content (AvgIpc) is 3.09. The van der Waals surface area contributed by atoms with Gasteiger partial charge in [-0.3, -0.25) is 14.4 Å². The fourth-order valence-corrected chi connectivity index (χ4v) is 4.33. The highest BCUT2D eigenvalue weighted by Crippen LogP contribution is 2.27. The van der Waals surface area contributed by atoms with Crippen LogP contribution >= 0.6 is 0 Å². The summed E-state index contributed by atoms with van der Waals surface area (Å²) in [5.41, 5.74) is 5.61. The second-order valence-corrected chi connectivity index (χ2v) is 8.15. The Hall–Kier alpha value is -2.81. The Balaban J connectivity index is 1.60. The molecule has 170 valence electrons. The number of hydrogen-bond acceptors (Lipinski definition) is 6. The van der Waals surface area contributed by atoms with Crippen molar-refractivity contribution in [3.05, 3.63) is 58.5 Å². The molecule has 0 bridgehead atoms. The van der Waals surface area contributed by atoms with E-state index in [2.05, 4.69) is 36.1 Å².